The van der Waals surface area contributed by atoms with Crippen molar-refractivity contribution in [2.24, 2.45) is 5.92 Å². The lowest BCUT2D eigenvalue weighted by molar-refractivity contribution is 0.327. The van der Waals surface area contributed by atoms with Crippen molar-refractivity contribution in [2.75, 3.05) is 13.1 Å². The molecule has 18 heavy (non-hydrogen) atoms. The number of rotatable bonds is 3. The monoisotopic (exact) mass is 308 g/mol. The largest absolute Gasteiger partial charge is 0.315 e. The molecule has 2 atom stereocenters. The zero-order valence-corrected chi connectivity index (χ0v) is 12.8. The molecule has 4 nitrogen and oxygen atoms in total. The van der Waals surface area contributed by atoms with Crippen molar-refractivity contribution in [2.45, 2.75) is 30.5 Å². The molecular formula is C11H17ClN2O2S2. The lowest BCUT2D eigenvalue weighted by Gasteiger charge is -2.29. The molecule has 1 aromatic rings. The van der Waals surface area contributed by atoms with Gasteiger partial charge in [0, 0.05) is 12.6 Å². The Morgan fingerprint density at radius 3 is 2.83 bits per heavy atom. The Bertz CT molecular complexity index is 508. The highest BCUT2D eigenvalue weighted by Crippen LogP contribution is 2.30. The van der Waals surface area contributed by atoms with Crippen LogP contribution in [0.1, 0.15) is 18.9 Å². The molecule has 0 radical (unpaired) electrons. The smallest absolute Gasteiger partial charge is 0.250 e. The van der Waals surface area contributed by atoms with E-state index in [9.17, 15) is 8.42 Å². The molecule has 0 aliphatic carbocycles. The molecule has 102 valence electrons. The fourth-order valence-electron chi connectivity index (χ4n) is 1.97. The summed E-state index contributed by atoms with van der Waals surface area (Å²) in [5, 5.41) is 3.21. The first kappa shape index (κ1) is 14.3. The predicted molar refractivity (Wildman–Crippen MR) is 74.8 cm³/mol. The van der Waals surface area contributed by atoms with Gasteiger partial charge in [0.2, 0.25) is 10.0 Å². The average Bonchev–Trinajstić information content (AvgIpc) is 2.63. The maximum atomic E-state index is 12.2. The van der Waals surface area contributed by atoms with Crippen molar-refractivity contribution in [1.82, 2.24) is 10.0 Å². The second kappa shape index (κ2) is 5.46. The first-order valence-corrected chi connectivity index (χ1v) is 8.57. The van der Waals surface area contributed by atoms with E-state index in [1.807, 2.05) is 6.92 Å². The third-order valence-electron chi connectivity index (χ3n) is 3.23. The SMILES string of the molecule is Cc1cc(S(=O)(=O)NC2CNCCC2C)sc1Cl. The van der Waals surface area contributed by atoms with Gasteiger partial charge in [0.05, 0.1) is 4.34 Å². The average molecular weight is 309 g/mol. The van der Waals surface area contributed by atoms with E-state index in [0.717, 1.165) is 29.9 Å². The first-order chi connectivity index (χ1) is 8.40. The van der Waals surface area contributed by atoms with Crippen molar-refractivity contribution >= 4 is 33.0 Å². The second-order valence-corrected chi connectivity index (χ2v) is 8.32. The van der Waals surface area contributed by atoms with Crippen LogP contribution < -0.4 is 10.0 Å². The summed E-state index contributed by atoms with van der Waals surface area (Å²) in [6.45, 7) is 5.51. The highest BCUT2D eigenvalue weighted by Gasteiger charge is 2.27. The number of thiophene rings is 1. The van der Waals surface area contributed by atoms with E-state index in [2.05, 4.69) is 17.0 Å². The van der Waals surface area contributed by atoms with Crippen LogP contribution in [0.5, 0.6) is 0 Å². The van der Waals surface area contributed by atoms with Crippen LogP contribution in [-0.2, 0) is 10.0 Å². The van der Waals surface area contributed by atoms with Crippen LogP contribution in [0.25, 0.3) is 0 Å². The fraction of sp³-hybridized carbons (Fsp3) is 0.636. The second-order valence-electron chi connectivity index (χ2n) is 4.72. The Hall–Kier alpha value is -0.140. The standard InChI is InChI=1S/C11H17ClN2O2S2/c1-7-3-4-13-6-9(7)14-18(15,16)10-5-8(2)11(12)17-10/h5,7,9,13-14H,3-4,6H2,1-2H3. The molecule has 1 aromatic heterocycles. The van der Waals surface area contributed by atoms with Crippen molar-refractivity contribution < 1.29 is 8.42 Å². The molecule has 0 amide bonds. The summed E-state index contributed by atoms with van der Waals surface area (Å²) in [5.74, 6) is 0.345. The van der Waals surface area contributed by atoms with Crippen molar-refractivity contribution in [3.63, 3.8) is 0 Å². The van der Waals surface area contributed by atoms with Gasteiger partial charge in [-0.05, 0) is 37.4 Å². The Morgan fingerprint density at radius 1 is 1.56 bits per heavy atom. The number of nitrogens with one attached hydrogen (secondary N) is 2. The lowest BCUT2D eigenvalue weighted by Crippen LogP contribution is -2.49. The molecule has 0 bridgehead atoms. The summed E-state index contributed by atoms with van der Waals surface area (Å²) >= 11 is 7.03. The number of aryl methyl sites for hydroxylation is 1. The third kappa shape index (κ3) is 3.05. The molecule has 1 aliphatic heterocycles. The number of sulfonamides is 1. The van der Waals surface area contributed by atoms with Crippen LogP contribution in [0.2, 0.25) is 4.34 Å². The summed E-state index contributed by atoms with van der Waals surface area (Å²) in [6, 6.07) is 1.57. The van der Waals surface area contributed by atoms with Gasteiger partial charge in [-0.25, -0.2) is 13.1 Å². The van der Waals surface area contributed by atoms with Gasteiger partial charge in [-0.3, -0.25) is 0 Å². The highest BCUT2D eigenvalue weighted by molar-refractivity contribution is 7.91. The van der Waals surface area contributed by atoms with E-state index < -0.39 is 10.0 Å². The van der Waals surface area contributed by atoms with E-state index in [1.165, 1.54) is 0 Å². The zero-order chi connectivity index (χ0) is 13.3. The maximum absolute atomic E-state index is 12.2. The van der Waals surface area contributed by atoms with Gasteiger partial charge in [-0.15, -0.1) is 11.3 Å². The van der Waals surface area contributed by atoms with Crippen LogP contribution in [-0.4, -0.2) is 27.5 Å². The molecule has 2 rings (SSSR count). The quantitative estimate of drug-likeness (QED) is 0.898. The molecule has 0 spiro atoms. The zero-order valence-electron chi connectivity index (χ0n) is 10.4. The Labute approximate surface area is 117 Å². The Balaban J connectivity index is 2.16. The lowest BCUT2D eigenvalue weighted by atomic mass is 9.96. The molecule has 0 saturated carbocycles. The Morgan fingerprint density at radius 2 is 2.28 bits per heavy atom. The van der Waals surface area contributed by atoms with Crippen LogP contribution in [0, 0.1) is 12.8 Å². The minimum Gasteiger partial charge on any atom is -0.315 e. The number of piperidine rings is 1. The van der Waals surface area contributed by atoms with Gasteiger partial charge < -0.3 is 5.32 Å². The van der Waals surface area contributed by atoms with Crippen molar-refractivity contribution in [3.05, 3.63) is 16.0 Å². The van der Waals surface area contributed by atoms with Gasteiger partial charge >= 0.3 is 0 Å². The van der Waals surface area contributed by atoms with Gasteiger partial charge in [0.25, 0.3) is 0 Å². The molecule has 2 heterocycles. The summed E-state index contributed by atoms with van der Waals surface area (Å²) < 4.78 is 28.0. The van der Waals surface area contributed by atoms with E-state index in [-0.39, 0.29) is 6.04 Å². The summed E-state index contributed by atoms with van der Waals surface area (Å²) in [6.07, 6.45) is 0.984. The van der Waals surface area contributed by atoms with E-state index >= 15 is 0 Å². The molecule has 2 N–H and O–H groups in total. The molecule has 2 unspecified atom stereocenters. The van der Waals surface area contributed by atoms with Crippen LogP contribution >= 0.6 is 22.9 Å². The molecule has 0 aromatic carbocycles. The van der Waals surface area contributed by atoms with E-state index in [0.29, 0.717) is 21.0 Å². The summed E-state index contributed by atoms with van der Waals surface area (Å²) in [4.78, 5) is 0. The van der Waals surface area contributed by atoms with Gasteiger partial charge in [0.1, 0.15) is 4.21 Å². The first-order valence-electron chi connectivity index (χ1n) is 5.89. The normalized spacial score (nSPS) is 25.3. The van der Waals surface area contributed by atoms with Crippen LogP contribution in [0.15, 0.2) is 10.3 Å². The molecule has 1 fully saturated rings. The Kier molecular flexibility index (Phi) is 4.33. The van der Waals surface area contributed by atoms with E-state index in [1.54, 1.807) is 6.07 Å². The number of hydrogen-bond acceptors (Lipinski definition) is 4. The van der Waals surface area contributed by atoms with Gasteiger partial charge in [0.15, 0.2) is 0 Å². The van der Waals surface area contributed by atoms with Crippen LogP contribution in [0.3, 0.4) is 0 Å². The minimum atomic E-state index is -3.45. The number of hydrogen-bond donors (Lipinski definition) is 2. The van der Waals surface area contributed by atoms with Crippen molar-refractivity contribution in [3.8, 4) is 0 Å². The highest BCUT2D eigenvalue weighted by atomic mass is 35.5. The van der Waals surface area contributed by atoms with Gasteiger partial charge in [-0.2, -0.15) is 0 Å². The summed E-state index contributed by atoms with van der Waals surface area (Å²) in [7, 11) is -3.45. The van der Waals surface area contributed by atoms with Crippen molar-refractivity contribution in [1.29, 1.82) is 0 Å². The van der Waals surface area contributed by atoms with E-state index in [4.69, 9.17) is 11.6 Å². The van der Waals surface area contributed by atoms with Gasteiger partial charge in [-0.1, -0.05) is 18.5 Å². The molecular weight excluding hydrogens is 292 g/mol. The predicted octanol–water partition coefficient (Wildman–Crippen LogP) is 1.99. The number of halogens is 1. The maximum Gasteiger partial charge on any atom is 0.250 e. The third-order valence-corrected chi connectivity index (χ3v) is 6.75. The fourth-order valence-corrected chi connectivity index (χ4v) is 5.04. The topological polar surface area (TPSA) is 58.2 Å². The molecule has 1 aliphatic rings. The molecule has 1 saturated heterocycles. The van der Waals surface area contributed by atoms with Crippen LogP contribution in [0.4, 0.5) is 0 Å². The minimum absolute atomic E-state index is 0.0510. The summed E-state index contributed by atoms with van der Waals surface area (Å²) in [5.41, 5.74) is 0.803. The molecule has 7 heteroatoms.